The van der Waals surface area contributed by atoms with Gasteiger partial charge in [0.05, 0.1) is 11.6 Å². The van der Waals surface area contributed by atoms with Gasteiger partial charge in [0.2, 0.25) is 0 Å². The van der Waals surface area contributed by atoms with E-state index in [1.54, 1.807) is 0 Å². The average molecular weight is 255 g/mol. The molecule has 3 heteroatoms. The molecule has 0 spiro atoms. The number of benzene rings is 1. The van der Waals surface area contributed by atoms with Crippen LogP contribution in [-0.4, -0.2) is 30.6 Å². The molecule has 0 amide bonds. The highest BCUT2D eigenvalue weighted by atomic mass is 15.2. The van der Waals surface area contributed by atoms with Crippen molar-refractivity contribution in [3.05, 3.63) is 29.8 Å². The van der Waals surface area contributed by atoms with Crippen LogP contribution in [0.15, 0.2) is 24.3 Å². The monoisotopic (exact) mass is 255 g/mol. The van der Waals surface area contributed by atoms with Crippen molar-refractivity contribution in [2.24, 2.45) is 5.92 Å². The molecule has 2 atom stereocenters. The van der Waals surface area contributed by atoms with Gasteiger partial charge in [-0.3, -0.25) is 0 Å². The average Bonchev–Trinajstić information content (AvgIpc) is 2.68. The van der Waals surface area contributed by atoms with E-state index in [9.17, 15) is 0 Å². The molecule has 2 aliphatic heterocycles. The quantitative estimate of drug-likeness (QED) is 0.902. The van der Waals surface area contributed by atoms with Crippen LogP contribution < -0.4 is 5.32 Å². The van der Waals surface area contributed by atoms with Crippen molar-refractivity contribution >= 4 is 5.69 Å². The Kier molecular flexibility index (Phi) is 3.44. The van der Waals surface area contributed by atoms with Crippen molar-refractivity contribution in [2.75, 3.05) is 18.9 Å². The molecule has 2 bridgehead atoms. The first kappa shape index (κ1) is 12.5. The topological polar surface area (TPSA) is 39.1 Å². The summed E-state index contributed by atoms with van der Waals surface area (Å²) in [6, 6.07) is 11.6. The van der Waals surface area contributed by atoms with E-state index in [0.29, 0.717) is 0 Å². The fourth-order valence-corrected chi connectivity index (χ4v) is 3.65. The van der Waals surface area contributed by atoms with E-state index >= 15 is 0 Å². The smallest absolute Gasteiger partial charge is 0.0992 e. The number of fused-ring (bicyclic) bond motifs is 2. The second-order valence-corrected chi connectivity index (χ2v) is 5.96. The van der Waals surface area contributed by atoms with Crippen LogP contribution in [0.4, 0.5) is 5.69 Å². The summed E-state index contributed by atoms with van der Waals surface area (Å²) in [6.45, 7) is 1.04. The number of hydrogen-bond donors (Lipinski definition) is 1. The van der Waals surface area contributed by atoms with E-state index in [4.69, 9.17) is 5.26 Å². The first-order valence-electron chi connectivity index (χ1n) is 7.22. The maximum Gasteiger partial charge on any atom is 0.0992 e. The van der Waals surface area contributed by atoms with Crippen molar-refractivity contribution < 1.29 is 0 Å². The zero-order chi connectivity index (χ0) is 13.2. The molecule has 0 aliphatic carbocycles. The summed E-state index contributed by atoms with van der Waals surface area (Å²) in [5, 5.41) is 12.4. The molecule has 0 saturated carbocycles. The fraction of sp³-hybridized carbons (Fsp3) is 0.562. The zero-order valence-electron chi connectivity index (χ0n) is 11.5. The minimum absolute atomic E-state index is 0.730. The summed E-state index contributed by atoms with van der Waals surface area (Å²) in [6.07, 6.45) is 5.39. The van der Waals surface area contributed by atoms with Crippen LogP contribution in [0.3, 0.4) is 0 Å². The molecule has 2 unspecified atom stereocenters. The molecular formula is C16H21N3. The number of nitrogens with zero attached hydrogens (tertiary/aromatic N) is 2. The summed E-state index contributed by atoms with van der Waals surface area (Å²) in [7, 11) is 2.28. The summed E-state index contributed by atoms with van der Waals surface area (Å²) in [5.74, 6) is 0.777. The van der Waals surface area contributed by atoms with Crippen molar-refractivity contribution in [2.45, 2.75) is 37.8 Å². The Balaban J connectivity index is 1.57. The molecule has 1 N–H and O–H groups in total. The van der Waals surface area contributed by atoms with Gasteiger partial charge >= 0.3 is 0 Å². The van der Waals surface area contributed by atoms with Crippen molar-refractivity contribution in [3.8, 4) is 6.07 Å². The van der Waals surface area contributed by atoms with E-state index < -0.39 is 0 Å². The molecule has 2 saturated heterocycles. The van der Waals surface area contributed by atoms with Crippen LogP contribution in [0, 0.1) is 17.2 Å². The van der Waals surface area contributed by atoms with E-state index in [-0.39, 0.29) is 0 Å². The van der Waals surface area contributed by atoms with Crippen LogP contribution in [-0.2, 0) is 0 Å². The highest BCUT2D eigenvalue weighted by Crippen LogP contribution is 2.37. The minimum Gasteiger partial charge on any atom is -0.385 e. The van der Waals surface area contributed by atoms with Crippen LogP contribution in [0.25, 0.3) is 0 Å². The predicted molar refractivity (Wildman–Crippen MR) is 76.9 cm³/mol. The van der Waals surface area contributed by atoms with E-state index in [0.717, 1.165) is 35.8 Å². The maximum absolute atomic E-state index is 8.90. The molecule has 1 aromatic rings. The molecule has 19 heavy (non-hydrogen) atoms. The van der Waals surface area contributed by atoms with Gasteiger partial charge in [0.25, 0.3) is 0 Å². The largest absolute Gasteiger partial charge is 0.385 e. The zero-order valence-corrected chi connectivity index (χ0v) is 11.5. The van der Waals surface area contributed by atoms with Gasteiger partial charge in [0, 0.05) is 24.3 Å². The lowest BCUT2D eigenvalue weighted by Gasteiger charge is -2.36. The minimum atomic E-state index is 0.730. The molecule has 3 nitrogen and oxygen atoms in total. The Morgan fingerprint density at radius 1 is 1.32 bits per heavy atom. The Bertz CT molecular complexity index is 477. The van der Waals surface area contributed by atoms with Gasteiger partial charge in [0.15, 0.2) is 0 Å². The standard InChI is InChI=1S/C16H21N3/c1-19-15-5-6-16(19)9-13(8-15)11-18-14-4-2-3-12(7-14)10-17/h2-4,7,13,15-16,18H,5-6,8-9,11H2,1H3. The SMILES string of the molecule is CN1C2CCC1CC(CNc1cccc(C#N)c1)C2. The van der Waals surface area contributed by atoms with Crippen LogP contribution in [0.1, 0.15) is 31.2 Å². The number of piperidine rings is 1. The van der Waals surface area contributed by atoms with Crippen molar-refractivity contribution in [1.29, 1.82) is 5.26 Å². The van der Waals surface area contributed by atoms with Gasteiger partial charge in [0.1, 0.15) is 0 Å². The normalized spacial score (nSPS) is 30.0. The summed E-state index contributed by atoms with van der Waals surface area (Å²) in [5.41, 5.74) is 1.80. The number of hydrogen-bond acceptors (Lipinski definition) is 3. The second kappa shape index (κ2) is 5.22. The molecule has 0 radical (unpaired) electrons. The molecule has 1 aromatic carbocycles. The first-order valence-corrected chi connectivity index (χ1v) is 7.22. The maximum atomic E-state index is 8.90. The van der Waals surface area contributed by atoms with E-state index in [1.807, 2.05) is 24.3 Å². The van der Waals surface area contributed by atoms with Gasteiger partial charge < -0.3 is 10.2 Å². The van der Waals surface area contributed by atoms with Gasteiger partial charge in [-0.1, -0.05) is 6.07 Å². The molecule has 3 rings (SSSR count). The summed E-state index contributed by atoms with van der Waals surface area (Å²) < 4.78 is 0. The third-order valence-electron chi connectivity index (χ3n) is 4.78. The number of anilines is 1. The lowest BCUT2D eigenvalue weighted by atomic mass is 9.91. The lowest BCUT2D eigenvalue weighted by Crippen LogP contribution is -2.41. The Morgan fingerprint density at radius 3 is 2.74 bits per heavy atom. The van der Waals surface area contributed by atoms with Crippen molar-refractivity contribution in [3.63, 3.8) is 0 Å². The van der Waals surface area contributed by atoms with Crippen LogP contribution in [0.5, 0.6) is 0 Å². The third-order valence-corrected chi connectivity index (χ3v) is 4.78. The third kappa shape index (κ3) is 2.59. The Hall–Kier alpha value is -1.53. The van der Waals surface area contributed by atoms with E-state index in [2.05, 4.69) is 23.3 Å². The van der Waals surface area contributed by atoms with E-state index in [1.165, 1.54) is 25.7 Å². The number of rotatable bonds is 3. The Labute approximate surface area is 115 Å². The summed E-state index contributed by atoms with van der Waals surface area (Å²) in [4.78, 5) is 2.58. The molecule has 0 aromatic heterocycles. The highest BCUT2D eigenvalue weighted by molar-refractivity contribution is 5.49. The molecular weight excluding hydrogens is 234 g/mol. The van der Waals surface area contributed by atoms with Crippen LogP contribution >= 0.6 is 0 Å². The molecule has 2 aliphatic rings. The Morgan fingerprint density at radius 2 is 2.05 bits per heavy atom. The molecule has 100 valence electrons. The summed E-state index contributed by atoms with van der Waals surface area (Å²) >= 11 is 0. The van der Waals surface area contributed by atoms with Gasteiger partial charge in [-0.15, -0.1) is 0 Å². The lowest BCUT2D eigenvalue weighted by molar-refractivity contribution is 0.139. The molecule has 2 heterocycles. The van der Waals surface area contributed by atoms with Gasteiger partial charge in [-0.2, -0.15) is 5.26 Å². The highest BCUT2D eigenvalue weighted by Gasteiger charge is 2.37. The van der Waals surface area contributed by atoms with Crippen molar-refractivity contribution in [1.82, 2.24) is 4.90 Å². The second-order valence-electron chi connectivity index (χ2n) is 5.96. The number of nitrogens with one attached hydrogen (secondary N) is 1. The van der Waals surface area contributed by atoms with Gasteiger partial charge in [-0.25, -0.2) is 0 Å². The van der Waals surface area contributed by atoms with Gasteiger partial charge in [-0.05, 0) is 56.8 Å². The molecule has 2 fully saturated rings. The fourth-order valence-electron chi connectivity index (χ4n) is 3.65. The predicted octanol–water partition coefficient (Wildman–Crippen LogP) is 2.84. The first-order chi connectivity index (χ1) is 9.26. The van der Waals surface area contributed by atoms with Crippen LogP contribution in [0.2, 0.25) is 0 Å². The number of nitriles is 1.